The van der Waals surface area contributed by atoms with Gasteiger partial charge in [0.2, 0.25) is 0 Å². The van der Waals surface area contributed by atoms with E-state index in [1.807, 2.05) is 19.1 Å². The summed E-state index contributed by atoms with van der Waals surface area (Å²) in [7, 11) is 0. The van der Waals surface area contributed by atoms with Crippen molar-refractivity contribution >= 4 is 5.97 Å². The Kier molecular flexibility index (Phi) is 5.26. The maximum Gasteiger partial charge on any atom is 0.336 e. The number of carbonyl (C=O) groups excluding carboxylic acids is 1. The summed E-state index contributed by atoms with van der Waals surface area (Å²) in [6.07, 6.45) is 7.64. The van der Waals surface area contributed by atoms with Crippen LogP contribution in [-0.2, 0) is 4.79 Å². The molecule has 0 amide bonds. The lowest BCUT2D eigenvalue weighted by molar-refractivity contribution is -0.128. The number of nitriles is 1. The molecule has 0 aliphatic heterocycles. The highest BCUT2D eigenvalue weighted by Crippen LogP contribution is 2.11. The second kappa shape index (κ2) is 7.02. The summed E-state index contributed by atoms with van der Waals surface area (Å²) in [6, 6.07) is 8.37. The fourth-order valence-corrected chi connectivity index (χ4v) is 1.10. The van der Waals surface area contributed by atoms with Crippen molar-refractivity contribution in [2.45, 2.75) is 13.3 Å². The van der Waals surface area contributed by atoms with E-state index in [4.69, 9.17) is 10.00 Å². The van der Waals surface area contributed by atoms with Gasteiger partial charge in [-0.1, -0.05) is 25.2 Å². The van der Waals surface area contributed by atoms with Gasteiger partial charge in [-0.05, 0) is 30.7 Å². The SMILES string of the molecule is CCC=CC=CC(=O)Oc1ccc(C#N)cc1. The van der Waals surface area contributed by atoms with Gasteiger partial charge in [-0.3, -0.25) is 0 Å². The number of hydrogen-bond acceptors (Lipinski definition) is 3. The number of ether oxygens (including phenoxy) is 1. The van der Waals surface area contributed by atoms with Crippen LogP contribution >= 0.6 is 0 Å². The third kappa shape index (κ3) is 4.80. The van der Waals surface area contributed by atoms with Gasteiger partial charge in [0, 0.05) is 6.08 Å². The highest BCUT2D eigenvalue weighted by molar-refractivity contribution is 5.84. The Balaban J connectivity index is 2.53. The van der Waals surface area contributed by atoms with Crippen LogP contribution in [-0.4, -0.2) is 5.97 Å². The molecule has 86 valence electrons. The van der Waals surface area contributed by atoms with Gasteiger partial charge in [0.1, 0.15) is 5.75 Å². The van der Waals surface area contributed by atoms with Crippen molar-refractivity contribution in [3.63, 3.8) is 0 Å². The lowest BCUT2D eigenvalue weighted by atomic mass is 10.2. The summed E-state index contributed by atoms with van der Waals surface area (Å²) in [5.74, 6) is -0.00594. The van der Waals surface area contributed by atoms with E-state index in [2.05, 4.69) is 0 Å². The predicted molar refractivity (Wildman–Crippen MR) is 65.4 cm³/mol. The smallest absolute Gasteiger partial charge is 0.336 e. The molecule has 1 aromatic carbocycles. The fraction of sp³-hybridized carbons (Fsp3) is 0.143. The van der Waals surface area contributed by atoms with Crippen molar-refractivity contribution < 1.29 is 9.53 Å². The van der Waals surface area contributed by atoms with Crippen molar-refractivity contribution in [3.8, 4) is 11.8 Å². The zero-order valence-corrected chi connectivity index (χ0v) is 9.59. The lowest BCUT2D eigenvalue weighted by Gasteiger charge is -1.99. The van der Waals surface area contributed by atoms with E-state index in [1.54, 1.807) is 36.4 Å². The molecule has 0 aliphatic carbocycles. The van der Waals surface area contributed by atoms with Gasteiger partial charge in [-0.25, -0.2) is 4.79 Å². The second-order valence-corrected chi connectivity index (χ2v) is 3.25. The third-order valence-corrected chi connectivity index (χ3v) is 1.92. The number of benzene rings is 1. The zero-order valence-electron chi connectivity index (χ0n) is 9.59. The summed E-state index contributed by atoms with van der Waals surface area (Å²) in [6.45, 7) is 2.01. The highest BCUT2D eigenvalue weighted by Gasteiger charge is 1.99. The molecule has 0 radical (unpaired) electrons. The van der Waals surface area contributed by atoms with Crippen molar-refractivity contribution in [3.05, 3.63) is 54.1 Å². The Labute approximate surface area is 101 Å². The van der Waals surface area contributed by atoms with Crippen LogP contribution in [0.25, 0.3) is 0 Å². The van der Waals surface area contributed by atoms with E-state index in [-0.39, 0.29) is 0 Å². The summed E-state index contributed by atoms with van der Waals surface area (Å²) >= 11 is 0. The average Bonchev–Trinajstić information content (AvgIpc) is 2.36. The van der Waals surface area contributed by atoms with Crippen LogP contribution in [0.1, 0.15) is 18.9 Å². The van der Waals surface area contributed by atoms with Gasteiger partial charge in [0.15, 0.2) is 0 Å². The van der Waals surface area contributed by atoms with Gasteiger partial charge in [0.25, 0.3) is 0 Å². The molecule has 0 fully saturated rings. The first-order valence-corrected chi connectivity index (χ1v) is 5.31. The number of carbonyl (C=O) groups is 1. The van der Waals surface area contributed by atoms with Crippen molar-refractivity contribution in [1.29, 1.82) is 5.26 Å². The summed E-state index contributed by atoms with van der Waals surface area (Å²) in [4.78, 5) is 11.3. The minimum atomic E-state index is -0.435. The number of allylic oxidation sites excluding steroid dienone is 3. The van der Waals surface area contributed by atoms with E-state index >= 15 is 0 Å². The topological polar surface area (TPSA) is 50.1 Å². The van der Waals surface area contributed by atoms with E-state index < -0.39 is 5.97 Å². The summed E-state index contributed by atoms with van der Waals surface area (Å²) in [5.41, 5.74) is 0.534. The lowest BCUT2D eigenvalue weighted by Crippen LogP contribution is -2.03. The molecule has 0 saturated heterocycles. The van der Waals surface area contributed by atoms with Crippen LogP contribution in [0, 0.1) is 11.3 Å². The zero-order chi connectivity index (χ0) is 12.5. The Morgan fingerprint density at radius 2 is 2.06 bits per heavy atom. The molecular formula is C14H13NO2. The first kappa shape index (κ1) is 12.7. The molecule has 1 aromatic rings. The van der Waals surface area contributed by atoms with Crippen molar-refractivity contribution in [2.24, 2.45) is 0 Å². The monoisotopic (exact) mass is 227 g/mol. The van der Waals surface area contributed by atoms with Gasteiger partial charge in [-0.15, -0.1) is 0 Å². The fourth-order valence-electron chi connectivity index (χ4n) is 1.10. The van der Waals surface area contributed by atoms with Crippen LogP contribution in [0.15, 0.2) is 48.6 Å². The highest BCUT2D eigenvalue weighted by atomic mass is 16.5. The molecule has 0 bridgehead atoms. The number of nitrogens with zero attached hydrogens (tertiary/aromatic N) is 1. The second-order valence-electron chi connectivity index (χ2n) is 3.25. The number of rotatable bonds is 4. The molecule has 0 saturated carbocycles. The van der Waals surface area contributed by atoms with Crippen LogP contribution < -0.4 is 4.74 Å². The Morgan fingerprint density at radius 3 is 2.65 bits per heavy atom. The molecule has 0 atom stereocenters. The summed E-state index contributed by atoms with van der Waals surface area (Å²) in [5, 5.41) is 8.60. The molecule has 0 spiro atoms. The standard InChI is InChI=1S/C14H13NO2/c1-2-3-4-5-6-14(16)17-13-9-7-12(11-15)8-10-13/h3-10H,2H2,1H3. The minimum absolute atomic E-state index is 0.429. The molecule has 0 aromatic heterocycles. The summed E-state index contributed by atoms with van der Waals surface area (Å²) < 4.78 is 5.03. The number of esters is 1. The predicted octanol–water partition coefficient (Wildman–Crippen LogP) is 2.99. The van der Waals surface area contributed by atoms with E-state index in [9.17, 15) is 4.79 Å². The normalized spacial score (nSPS) is 10.6. The quantitative estimate of drug-likeness (QED) is 0.344. The maximum absolute atomic E-state index is 11.3. The van der Waals surface area contributed by atoms with Crippen molar-refractivity contribution in [1.82, 2.24) is 0 Å². The van der Waals surface area contributed by atoms with Gasteiger partial charge in [0.05, 0.1) is 11.6 Å². The molecule has 0 aliphatic rings. The van der Waals surface area contributed by atoms with E-state index in [1.165, 1.54) is 6.08 Å². The largest absolute Gasteiger partial charge is 0.423 e. The molecule has 17 heavy (non-hydrogen) atoms. The number of hydrogen-bond donors (Lipinski definition) is 0. The third-order valence-electron chi connectivity index (χ3n) is 1.92. The maximum atomic E-state index is 11.3. The van der Waals surface area contributed by atoms with Crippen LogP contribution in [0.4, 0.5) is 0 Å². The first-order chi connectivity index (χ1) is 8.26. The van der Waals surface area contributed by atoms with Gasteiger partial charge in [-0.2, -0.15) is 5.26 Å². The molecular weight excluding hydrogens is 214 g/mol. The molecule has 0 unspecified atom stereocenters. The molecule has 1 rings (SSSR count). The molecule has 3 nitrogen and oxygen atoms in total. The molecule has 0 N–H and O–H groups in total. The Morgan fingerprint density at radius 1 is 1.35 bits per heavy atom. The van der Waals surface area contributed by atoms with Crippen LogP contribution in [0.3, 0.4) is 0 Å². The van der Waals surface area contributed by atoms with E-state index in [0.717, 1.165) is 6.42 Å². The van der Waals surface area contributed by atoms with E-state index in [0.29, 0.717) is 11.3 Å². The van der Waals surface area contributed by atoms with Crippen LogP contribution in [0.2, 0.25) is 0 Å². The van der Waals surface area contributed by atoms with Crippen molar-refractivity contribution in [2.75, 3.05) is 0 Å². The van der Waals surface area contributed by atoms with Crippen LogP contribution in [0.5, 0.6) is 5.75 Å². The Hall–Kier alpha value is -2.34. The van der Waals surface area contributed by atoms with Gasteiger partial charge < -0.3 is 4.74 Å². The minimum Gasteiger partial charge on any atom is -0.423 e. The molecule has 0 heterocycles. The van der Waals surface area contributed by atoms with Gasteiger partial charge >= 0.3 is 5.97 Å². The Bertz CT molecular complexity index is 464. The molecule has 3 heteroatoms. The first-order valence-electron chi connectivity index (χ1n) is 5.31. The average molecular weight is 227 g/mol.